The summed E-state index contributed by atoms with van der Waals surface area (Å²) in [6.45, 7) is 4.31. The highest BCUT2D eigenvalue weighted by molar-refractivity contribution is 5.14. The summed E-state index contributed by atoms with van der Waals surface area (Å²) in [6.07, 6.45) is -0.157. The van der Waals surface area contributed by atoms with E-state index in [-0.39, 0.29) is 6.10 Å². The van der Waals surface area contributed by atoms with Gasteiger partial charge in [-0.15, -0.1) is 0 Å². The normalized spacial score (nSPS) is 33.6. The molecule has 2 heterocycles. The first-order chi connectivity index (χ1) is 8.33. The molecule has 0 radical (unpaired) electrons. The summed E-state index contributed by atoms with van der Waals surface area (Å²) in [7, 11) is 0. The van der Waals surface area contributed by atoms with E-state index in [1.54, 1.807) is 0 Å². The molecule has 1 aromatic rings. The van der Waals surface area contributed by atoms with Crippen LogP contribution in [0.5, 0.6) is 0 Å². The van der Waals surface area contributed by atoms with Crippen LogP contribution in [-0.2, 0) is 11.3 Å². The Morgan fingerprint density at radius 1 is 1.12 bits per heavy atom. The molecule has 0 amide bonds. The Hall–Kier alpha value is -0.900. The van der Waals surface area contributed by atoms with E-state index >= 15 is 0 Å². The van der Waals surface area contributed by atoms with Crippen LogP contribution in [0.2, 0.25) is 0 Å². The second-order valence-electron chi connectivity index (χ2n) is 5.23. The molecule has 2 fully saturated rings. The lowest BCUT2D eigenvalue weighted by Gasteiger charge is -2.44. The number of nitrogens with zero attached hydrogens (tertiary/aromatic N) is 1. The Bertz CT molecular complexity index is 354. The van der Waals surface area contributed by atoms with Crippen LogP contribution in [-0.4, -0.2) is 42.4 Å². The Balaban J connectivity index is 1.66. The molecule has 1 unspecified atom stereocenters. The zero-order chi connectivity index (χ0) is 11.7. The van der Waals surface area contributed by atoms with Crippen molar-refractivity contribution in [3.05, 3.63) is 35.9 Å². The number of hydrogen-bond donors (Lipinski definition) is 1. The predicted octanol–water partition coefficient (Wildman–Crippen LogP) is 1.13. The summed E-state index contributed by atoms with van der Waals surface area (Å²) in [5.41, 5.74) is 1.35. The van der Waals surface area contributed by atoms with Crippen LogP contribution in [0.3, 0.4) is 0 Å². The molecule has 2 aliphatic heterocycles. The third kappa shape index (κ3) is 2.37. The molecule has 92 valence electrons. The summed E-state index contributed by atoms with van der Waals surface area (Å²) in [5, 5.41) is 10.1. The molecule has 3 heteroatoms. The van der Waals surface area contributed by atoms with Gasteiger partial charge >= 0.3 is 0 Å². The molecule has 3 nitrogen and oxygen atoms in total. The minimum atomic E-state index is -0.157. The fraction of sp³-hybridized carbons (Fsp3) is 0.571. The van der Waals surface area contributed by atoms with Gasteiger partial charge in [-0.1, -0.05) is 30.3 Å². The molecule has 2 bridgehead atoms. The predicted molar refractivity (Wildman–Crippen MR) is 65.5 cm³/mol. The molecule has 0 aliphatic carbocycles. The van der Waals surface area contributed by atoms with E-state index in [1.165, 1.54) is 5.56 Å². The van der Waals surface area contributed by atoms with Crippen LogP contribution >= 0.6 is 0 Å². The lowest BCUT2D eigenvalue weighted by Crippen LogP contribution is -2.54. The highest BCUT2D eigenvalue weighted by atomic mass is 16.5. The van der Waals surface area contributed by atoms with Crippen molar-refractivity contribution in [3.8, 4) is 0 Å². The van der Waals surface area contributed by atoms with E-state index in [1.807, 2.05) is 6.07 Å². The van der Waals surface area contributed by atoms with Gasteiger partial charge in [0.15, 0.2) is 0 Å². The van der Waals surface area contributed by atoms with E-state index in [0.717, 1.165) is 19.6 Å². The number of hydrogen-bond acceptors (Lipinski definition) is 3. The summed E-state index contributed by atoms with van der Waals surface area (Å²) in [4.78, 5) is 2.44. The second-order valence-corrected chi connectivity index (χ2v) is 5.23. The van der Waals surface area contributed by atoms with Crippen molar-refractivity contribution in [3.63, 3.8) is 0 Å². The van der Waals surface area contributed by atoms with Gasteiger partial charge in [0.1, 0.15) is 0 Å². The van der Waals surface area contributed by atoms with Gasteiger partial charge in [0, 0.05) is 31.5 Å². The van der Waals surface area contributed by atoms with E-state index < -0.39 is 0 Å². The van der Waals surface area contributed by atoms with Crippen molar-refractivity contribution in [2.24, 2.45) is 11.8 Å². The van der Waals surface area contributed by atoms with Gasteiger partial charge in [0.2, 0.25) is 0 Å². The quantitative estimate of drug-likeness (QED) is 0.831. The molecule has 3 atom stereocenters. The lowest BCUT2D eigenvalue weighted by atomic mass is 9.84. The molecular weight excluding hydrogens is 214 g/mol. The molecule has 17 heavy (non-hydrogen) atoms. The molecule has 0 saturated carbocycles. The smallest absolute Gasteiger partial charge is 0.0665 e. The molecule has 2 aliphatic rings. The average molecular weight is 233 g/mol. The third-order valence-corrected chi connectivity index (χ3v) is 3.86. The van der Waals surface area contributed by atoms with Crippen LogP contribution in [0, 0.1) is 11.8 Å². The van der Waals surface area contributed by atoms with E-state index in [4.69, 9.17) is 4.74 Å². The summed E-state index contributed by atoms with van der Waals surface area (Å²) >= 11 is 0. The van der Waals surface area contributed by atoms with Crippen molar-refractivity contribution < 1.29 is 9.84 Å². The van der Waals surface area contributed by atoms with E-state index in [0.29, 0.717) is 25.0 Å². The maximum Gasteiger partial charge on any atom is 0.0665 e. The molecule has 0 spiro atoms. The van der Waals surface area contributed by atoms with Crippen LogP contribution in [0.4, 0.5) is 0 Å². The van der Waals surface area contributed by atoms with Gasteiger partial charge in [-0.05, 0) is 5.56 Å². The van der Waals surface area contributed by atoms with Gasteiger partial charge in [-0.3, -0.25) is 4.90 Å². The number of benzene rings is 1. The van der Waals surface area contributed by atoms with Gasteiger partial charge < -0.3 is 9.84 Å². The summed E-state index contributed by atoms with van der Waals surface area (Å²) in [6, 6.07) is 10.5. The van der Waals surface area contributed by atoms with Gasteiger partial charge in [0.25, 0.3) is 0 Å². The molecule has 2 saturated heterocycles. The van der Waals surface area contributed by atoms with Crippen LogP contribution in [0.25, 0.3) is 0 Å². The molecule has 0 aromatic heterocycles. The van der Waals surface area contributed by atoms with Crippen molar-refractivity contribution >= 4 is 0 Å². The number of likely N-dealkylation sites (tertiary alicyclic amines) is 1. The maximum absolute atomic E-state index is 10.1. The van der Waals surface area contributed by atoms with Crippen molar-refractivity contribution in [2.45, 2.75) is 12.6 Å². The monoisotopic (exact) mass is 233 g/mol. The topological polar surface area (TPSA) is 32.7 Å². The molecule has 1 N–H and O–H groups in total. The van der Waals surface area contributed by atoms with Crippen LogP contribution < -0.4 is 0 Å². The Morgan fingerprint density at radius 2 is 1.76 bits per heavy atom. The molecule has 3 rings (SSSR count). The summed E-state index contributed by atoms with van der Waals surface area (Å²) in [5.74, 6) is 0.595. The Morgan fingerprint density at radius 3 is 2.41 bits per heavy atom. The third-order valence-electron chi connectivity index (χ3n) is 3.86. The minimum Gasteiger partial charge on any atom is -0.392 e. The van der Waals surface area contributed by atoms with Crippen molar-refractivity contribution in [2.75, 3.05) is 26.3 Å². The first kappa shape index (κ1) is 11.2. The zero-order valence-electron chi connectivity index (χ0n) is 9.96. The fourth-order valence-corrected chi connectivity index (χ4v) is 2.98. The van der Waals surface area contributed by atoms with E-state index in [9.17, 15) is 5.11 Å². The first-order valence-electron chi connectivity index (χ1n) is 6.35. The number of rotatable bonds is 2. The highest BCUT2D eigenvalue weighted by Crippen LogP contribution is 2.28. The first-order valence-corrected chi connectivity index (χ1v) is 6.35. The number of aliphatic hydroxyl groups is 1. The van der Waals surface area contributed by atoms with Crippen LogP contribution in [0.15, 0.2) is 30.3 Å². The fourth-order valence-electron chi connectivity index (χ4n) is 2.98. The average Bonchev–Trinajstić information content (AvgIpc) is 2.32. The van der Waals surface area contributed by atoms with Crippen molar-refractivity contribution in [1.29, 1.82) is 0 Å². The lowest BCUT2D eigenvalue weighted by molar-refractivity contribution is -0.125. The SMILES string of the molecule is OC1[C@@H]2COC[C@H]1CN(Cc1ccccc1)C2. The Labute approximate surface area is 102 Å². The number of ether oxygens (including phenoxy) is 1. The molecular formula is C14H19NO2. The molecule has 1 aromatic carbocycles. The largest absolute Gasteiger partial charge is 0.392 e. The minimum absolute atomic E-state index is 0.157. The van der Waals surface area contributed by atoms with Gasteiger partial charge in [0.05, 0.1) is 19.3 Å². The highest BCUT2D eigenvalue weighted by Gasteiger charge is 2.38. The summed E-state index contributed by atoms with van der Waals surface area (Å²) < 4.78 is 5.52. The standard InChI is InChI=1S/C14H19NO2/c16-14-12-7-15(8-13(14)10-17-9-12)6-11-4-2-1-3-5-11/h1-5,12-14,16H,6-10H2/t12-,13+,14?. The zero-order valence-corrected chi connectivity index (χ0v) is 9.96. The Kier molecular flexibility index (Phi) is 3.14. The number of piperidine rings is 1. The van der Waals surface area contributed by atoms with E-state index in [2.05, 4.69) is 29.2 Å². The van der Waals surface area contributed by atoms with Gasteiger partial charge in [-0.2, -0.15) is 0 Å². The number of fused-ring (bicyclic) bond motifs is 2. The van der Waals surface area contributed by atoms with Crippen molar-refractivity contribution in [1.82, 2.24) is 4.90 Å². The number of aliphatic hydroxyl groups excluding tert-OH is 1. The maximum atomic E-state index is 10.1. The van der Waals surface area contributed by atoms with Gasteiger partial charge in [-0.25, -0.2) is 0 Å². The second kappa shape index (κ2) is 4.77. The van der Waals surface area contributed by atoms with Crippen LogP contribution in [0.1, 0.15) is 5.56 Å².